The number of phenols is 1. The van der Waals surface area contributed by atoms with Gasteiger partial charge in [-0.3, -0.25) is 9.69 Å². The van der Waals surface area contributed by atoms with Crippen LogP contribution in [0, 0.1) is 5.92 Å². The summed E-state index contributed by atoms with van der Waals surface area (Å²) in [4.78, 5) is 17.5. The summed E-state index contributed by atoms with van der Waals surface area (Å²) in [6.07, 6.45) is 3.41. The number of carbonyl (C=O) groups excluding carboxylic acids is 1. The van der Waals surface area contributed by atoms with Gasteiger partial charge in [-0.25, -0.2) is 0 Å². The van der Waals surface area contributed by atoms with E-state index in [1.54, 1.807) is 24.1 Å². The monoisotopic (exact) mass is 524 g/mol. The van der Waals surface area contributed by atoms with Crippen LogP contribution in [-0.2, 0) is 22.8 Å². The zero-order valence-electron chi connectivity index (χ0n) is 21.2. The third kappa shape index (κ3) is 3.67. The molecule has 2 bridgehead atoms. The van der Waals surface area contributed by atoms with Crippen LogP contribution in [0.2, 0.25) is 0 Å². The summed E-state index contributed by atoms with van der Waals surface area (Å²) in [7, 11) is 1.74. The van der Waals surface area contributed by atoms with Gasteiger partial charge in [-0.1, -0.05) is 24.3 Å². The molecule has 2 fully saturated rings. The maximum atomic E-state index is 13.3. The molecule has 2 aromatic rings. The van der Waals surface area contributed by atoms with Crippen molar-refractivity contribution >= 4 is 12.0 Å². The molecular formula is C30H31F3N2O3. The van der Waals surface area contributed by atoms with Crippen LogP contribution >= 0.6 is 0 Å². The minimum absolute atomic E-state index is 0.135. The fourth-order valence-electron chi connectivity index (χ4n) is 7.65. The number of piperidine rings is 1. The molecule has 0 radical (unpaired) electrons. The molecule has 8 heteroatoms. The Bertz CT molecular complexity index is 1320. The van der Waals surface area contributed by atoms with Gasteiger partial charge in [0.25, 0.3) is 0 Å². The highest BCUT2D eigenvalue weighted by molar-refractivity contribution is 5.92. The smallest absolute Gasteiger partial charge is 0.416 e. The Kier molecular flexibility index (Phi) is 5.87. The molecule has 2 aliphatic carbocycles. The van der Waals surface area contributed by atoms with E-state index in [9.17, 15) is 23.1 Å². The number of phenolic OH excluding ortho intramolecular Hbond substituents is 1. The predicted octanol–water partition coefficient (Wildman–Crippen LogP) is 5.18. The molecular weight excluding hydrogens is 493 g/mol. The van der Waals surface area contributed by atoms with E-state index in [2.05, 4.69) is 11.5 Å². The zero-order chi connectivity index (χ0) is 26.8. The SMILES string of the molecule is C=CCN1CC[C@]23c4c5ccc(O)c4O[C@H]2[C@@H](N(C)C(=O)C=Cc2cccc(C(F)(F)F)c2)CC[C@H]3[C@H]1C5. The molecule has 5 nitrogen and oxygen atoms in total. The summed E-state index contributed by atoms with van der Waals surface area (Å²) >= 11 is 0. The van der Waals surface area contributed by atoms with Crippen molar-refractivity contribution in [3.05, 3.63) is 77.4 Å². The van der Waals surface area contributed by atoms with E-state index in [1.807, 2.05) is 12.1 Å². The minimum Gasteiger partial charge on any atom is -0.504 e. The second-order valence-corrected chi connectivity index (χ2v) is 11.0. The second-order valence-electron chi connectivity index (χ2n) is 11.0. The fourth-order valence-corrected chi connectivity index (χ4v) is 7.65. The van der Waals surface area contributed by atoms with E-state index >= 15 is 0 Å². The fraction of sp³-hybridized carbons (Fsp3) is 0.433. The van der Waals surface area contributed by atoms with E-state index in [1.165, 1.54) is 23.8 Å². The van der Waals surface area contributed by atoms with Crippen molar-refractivity contribution in [1.29, 1.82) is 0 Å². The highest BCUT2D eigenvalue weighted by Gasteiger charge is 2.66. The van der Waals surface area contributed by atoms with Gasteiger partial charge in [0.05, 0.1) is 11.6 Å². The lowest BCUT2D eigenvalue weighted by Crippen LogP contribution is -2.68. The van der Waals surface area contributed by atoms with E-state index in [0.717, 1.165) is 56.5 Å². The van der Waals surface area contributed by atoms with Crippen LogP contribution in [0.4, 0.5) is 13.2 Å². The van der Waals surface area contributed by atoms with Gasteiger partial charge in [0, 0.05) is 36.7 Å². The molecule has 1 N–H and O–H groups in total. The normalized spacial score (nSPS) is 29.6. The number of amides is 1. The first-order chi connectivity index (χ1) is 18.1. The molecule has 0 unspecified atom stereocenters. The van der Waals surface area contributed by atoms with Gasteiger partial charge < -0.3 is 14.7 Å². The lowest BCUT2D eigenvalue weighted by Gasteiger charge is -2.60. The van der Waals surface area contributed by atoms with E-state index < -0.39 is 11.7 Å². The number of rotatable bonds is 5. The van der Waals surface area contributed by atoms with Gasteiger partial charge in [0.1, 0.15) is 6.10 Å². The average molecular weight is 525 g/mol. The largest absolute Gasteiger partial charge is 0.504 e. The molecule has 2 aromatic carbocycles. The lowest BCUT2D eigenvalue weighted by molar-refractivity contribution is -0.137. The van der Waals surface area contributed by atoms with Crippen molar-refractivity contribution in [1.82, 2.24) is 9.80 Å². The molecule has 4 aliphatic rings. The van der Waals surface area contributed by atoms with E-state index in [4.69, 9.17) is 4.74 Å². The maximum Gasteiger partial charge on any atom is 0.416 e. The topological polar surface area (TPSA) is 53.0 Å². The van der Waals surface area contributed by atoms with Crippen LogP contribution in [0.25, 0.3) is 6.08 Å². The molecule has 0 aromatic heterocycles. The Morgan fingerprint density at radius 3 is 2.87 bits per heavy atom. The summed E-state index contributed by atoms with van der Waals surface area (Å²) in [6, 6.07) is 8.77. The summed E-state index contributed by atoms with van der Waals surface area (Å²) in [5.41, 5.74) is 1.60. The van der Waals surface area contributed by atoms with Crippen LogP contribution in [0.3, 0.4) is 0 Å². The molecule has 6 rings (SSSR count). The Balaban J connectivity index is 1.31. The molecule has 200 valence electrons. The van der Waals surface area contributed by atoms with Gasteiger partial charge in [0.15, 0.2) is 11.5 Å². The highest BCUT2D eigenvalue weighted by atomic mass is 19.4. The van der Waals surface area contributed by atoms with Gasteiger partial charge in [0.2, 0.25) is 5.91 Å². The van der Waals surface area contributed by atoms with Crippen molar-refractivity contribution in [2.24, 2.45) is 5.92 Å². The molecule has 38 heavy (non-hydrogen) atoms. The van der Waals surface area contributed by atoms with Crippen LogP contribution in [0.5, 0.6) is 11.5 Å². The number of hydrogen-bond donors (Lipinski definition) is 1. The summed E-state index contributed by atoms with van der Waals surface area (Å²) in [5, 5.41) is 10.7. The Morgan fingerprint density at radius 1 is 1.29 bits per heavy atom. The number of carbonyl (C=O) groups is 1. The Labute approximate surface area is 220 Å². The zero-order valence-corrected chi connectivity index (χ0v) is 21.2. The quantitative estimate of drug-likeness (QED) is 0.433. The first kappa shape index (κ1) is 25.0. The highest BCUT2D eigenvalue weighted by Crippen LogP contribution is 2.64. The molecule has 1 amide bonds. The van der Waals surface area contributed by atoms with Gasteiger partial charge in [-0.15, -0.1) is 6.58 Å². The average Bonchev–Trinajstić information content (AvgIpc) is 3.25. The first-order valence-corrected chi connectivity index (χ1v) is 13.1. The van der Waals surface area contributed by atoms with Crippen molar-refractivity contribution in [3.8, 4) is 11.5 Å². The summed E-state index contributed by atoms with van der Waals surface area (Å²) < 4.78 is 45.9. The molecule has 2 heterocycles. The number of likely N-dealkylation sites (tertiary alicyclic amines) is 1. The predicted molar refractivity (Wildman–Crippen MR) is 138 cm³/mol. The number of hydrogen-bond acceptors (Lipinski definition) is 4. The van der Waals surface area contributed by atoms with Crippen LogP contribution in [0.15, 0.2) is 55.1 Å². The van der Waals surface area contributed by atoms with Gasteiger partial charge in [-0.2, -0.15) is 13.2 Å². The van der Waals surface area contributed by atoms with Crippen molar-refractivity contribution in [3.63, 3.8) is 0 Å². The number of alkyl halides is 3. The van der Waals surface area contributed by atoms with Crippen LogP contribution in [-0.4, -0.2) is 59.1 Å². The number of halogens is 3. The lowest BCUT2D eigenvalue weighted by atomic mass is 9.51. The Hall–Kier alpha value is -3.26. The van der Waals surface area contributed by atoms with Crippen molar-refractivity contribution in [2.75, 3.05) is 20.1 Å². The Morgan fingerprint density at radius 2 is 2.11 bits per heavy atom. The summed E-state index contributed by atoms with van der Waals surface area (Å²) in [6.45, 7) is 5.66. The van der Waals surface area contributed by atoms with Crippen molar-refractivity contribution in [2.45, 2.75) is 55.5 Å². The third-order valence-corrected chi connectivity index (χ3v) is 9.24. The van der Waals surface area contributed by atoms with E-state index in [0.29, 0.717) is 23.3 Å². The molecule has 2 aliphatic heterocycles. The van der Waals surface area contributed by atoms with Crippen LogP contribution < -0.4 is 4.74 Å². The second kappa shape index (κ2) is 8.90. The maximum absolute atomic E-state index is 13.3. The van der Waals surface area contributed by atoms with Crippen LogP contribution in [0.1, 0.15) is 41.5 Å². The summed E-state index contributed by atoms with van der Waals surface area (Å²) in [5.74, 6) is 0.746. The third-order valence-electron chi connectivity index (χ3n) is 9.24. The molecule has 1 saturated carbocycles. The molecule has 1 saturated heterocycles. The van der Waals surface area contributed by atoms with Crippen molar-refractivity contribution < 1.29 is 27.8 Å². The number of ether oxygens (including phenoxy) is 1. The number of benzene rings is 2. The first-order valence-electron chi connectivity index (χ1n) is 13.1. The molecule has 1 spiro atoms. The minimum atomic E-state index is -4.44. The molecule has 5 atom stereocenters. The number of nitrogens with zero attached hydrogens (tertiary/aromatic N) is 2. The van der Waals surface area contributed by atoms with E-state index in [-0.39, 0.29) is 29.2 Å². The number of aromatic hydroxyl groups is 1. The standard InChI is InChI=1S/C30H31F3N2O3/c1-3-14-35-15-13-29-21-9-10-22(28(29)38-27-24(36)11-8-19(26(27)29)17-23(21)35)34(2)25(37)12-7-18-5-4-6-20(16-18)30(31,32)33/h3-8,11-12,16,21-23,28,36H,1,9-10,13-15,17H2,2H3/t21-,22-,23+,28-,29-/m0/s1. The van der Waals surface area contributed by atoms with Gasteiger partial charge >= 0.3 is 6.18 Å². The number of likely N-dealkylation sites (N-methyl/N-ethyl adjacent to an activating group) is 1. The van der Waals surface area contributed by atoms with Gasteiger partial charge in [-0.05, 0) is 73.5 Å².